The monoisotopic (exact) mass is 346 g/mol. The van der Waals surface area contributed by atoms with Crippen LogP contribution in [0.2, 0.25) is 0 Å². The van der Waals surface area contributed by atoms with Crippen molar-refractivity contribution in [3.8, 4) is 0 Å². The second-order valence-corrected chi connectivity index (χ2v) is 6.67. The van der Waals surface area contributed by atoms with Gasteiger partial charge in [0.1, 0.15) is 0 Å². The Morgan fingerprint density at radius 3 is 2.60 bits per heavy atom. The third kappa shape index (κ3) is 2.94. The zero-order valence-electron chi connectivity index (χ0n) is 10.8. The summed E-state index contributed by atoms with van der Waals surface area (Å²) in [7, 11) is 0. The molecule has 0 saturated carbocycles. The standard InChI is InChI=1S/C16H15BrN2S/c17-14-8-15(20-10-14)9-16(19-18)13-6-5-11-3-1-2-4-12(11)7-13/h1-8,10,16,19H,9,18H2. The first kappa shape index (κ1) is 13.8. The van der Waals surface area contributed by atoms with E-state index in [0.717, 1.165) is 10.9 Å². The lowest BCUT2D eigenvalue weighted by Gasteiger charge is -2.16. The van der Waals surface area contributed by atoms with Crippen LogP contribution in [0.3, 0.4) is 0 Å². The minimum absolute atomic E-state index is 0.130. The second-order valence-electron chi connectivity index (χ2n) is 4.76. The number of benzene rings is 2. The molecule has 4 heteroatoms. The van der Waals surface area contributed by atoms with Crippen molar-refractivity contribution in [2.75, 3.05) is 0 Å². The van der Waals surface area contributed by atoms with E-state index in [-0.39, 0.29) is 6.04 Å². The van der Waals surface area contributed by atoms with Crippen LogP contribution < -0.4 is 11.3 Å². The van der Waals surface area contributed by atoms with Gasteiger partial charge in [0.2, 0.25) is 0 Å². The van der Waals surface area contributed by atoms with Crippen molar-refractivity contribution in [2.24, 2.45) is 5.84 Å². The smallest absolute Gasteiger partial charge is 0.0508 e. The molecule has 20 heavy (non-hydrogen) atoms. The summed E-state index contributed by atoms with van der Waals surface area (Å²) < 4.78 is 1.13. The van der Waals surface area contributed by atoms with E-state index < -0.39 is 0 Å². The van der Waals surface area contributed by atoms with Crippen LogP contribution in [-0.4, -0.2) is 0 Å². The summed E-state index contributed by atoms with van der Waals surface area (Å²) in [6, 6.07) is 17.2. The van der Waals surface area contributed by atoms with Gasteiger partial charge in [-0.05, 0) is 44.4 Å². The van der Waals surface area contributed by atoms with Crippen LogP contribution in [0.4, 0.5) is 0 Å². The van der Waals surface area contributed by atoms with Gasteiger partial charge >= 0.3 is 0 Å². The van der Waals surface area contributed by atoms with E-state index in [1.54, 1.807) is 11.3 Å². The maximum atomic E-state index is 5.75. The molecular formula is C16H15BrN2S. The van der Waals surface area contributed by atoms with Gasteiger partial charge < -0.3 is 0 Å². The molecule has 1 unspecified atom stereocenters. The Balaban J connectivity index is 1.90. The molecule has 1 atom stereocenters. The van der Waals surface area contributed by atoms with E-state index in [2.05, 4.69) is 75.3 Å². The summed E-state index contributed by atoms with van der Waals surface area (Å²) in [6.07, 6.45) is 0.894. The third-order valence-electron chi connectivity index (χ3n) is 3.40. The van der Waals surface area contributed by atoms with Crippen LogP contribution in [0.15, 0.2) is 58.4 Å². The van der Waals surface area contributed by atoms with Crippen LogP contribution in [0, 0.1) is 0 Å². The highest BCUT2D eigenvalue weighted by Gasteiger charge is 2.12. The van der Waals surface area contributed by atoms with Gasteiger partial charge in [0.25, 0.3) is 0 Å². The maximum Gasteiger partial charge on any atom is 0.0508 e. The average Bonchev–Trinajstić information content (AvgIpc) is 2.89. The fraction of sp³-hybridized carbons (Fsp3) is 0.125. The predicted molar refractivity (Wildman–Crippen MR) is 89.7 cm³/mol. The summed E-state index contributed by atoms with van der Waals surface area (Å²) in [5.41, 5.74) is 4.15. The molecule has 0 aliphatic heterocycles. The number of nitrogens with one attached hydrogen (secondary N) is 1. The Bertz CT molecular complexity index is 723. The number of thiophene rings is 1. The van der Waals surface area contributed by atoms with Crippen molar-refractivity contribution in [3.05, 3.63) is 68.8 Å². The Morgan fingerprint density at radius 1 is 1.10 bits per heavy atom. The fourth-order valence-corrected chi connectivity index (χ4v) is 3.86. The first-order valence-electron chi connectivity index (χ1n) is 6.44. The number of nitrogens with two attached hydrogens (primary N) is 1. The molecule has 3 N–H and O–H groups in total. The van der Waals surface area contributed by atoms with E-state index in [4.69, 9.17) is 5.84 Å². The van der Waals surface area contributed by atoms with Crippen molar-refractivity contribution in [3.63, 3.8) is 0 Å². The summed E-state index contributed by atoms with van der Waals surface area (Å²) in [5, 5.41) is 4.60. The van der Waals surface area contributed by atoms with Gasteiger partial charge in [-0.25, -0.2) is 0 Å². The second kappa shape index (κ2) is 6.06. The molecule has 3 rings (SSSR count). The average molecular weight is 347 g/mol. The van der Waals surface area contributed by atoms with Crippen LogP contribution in [-0.2, 0) is 6.42 Å². The minimum Gasteiger partial charge on any atom is -0.271 e. The number of fused-ring (bicyclic) bond motifs is 1. The molecule has 0 bridgehead atoms. The molecule has 2 nitrogen and oxygen atoms in total. The lowest BCUT2D eigenvalue weighted by Crippen LogP contribution is -2.29. The fourth-order valence-electron chi connectivity index (χ4n) is 2.36. The van der Waals surface area contributed by atoms with Gasteiger partial charge in [-0.3, -0.25) is 11.3 Å². The Labute approximate surface area is 130 Å². The zero-order valence-corrected chi connectivity index (χ0v) is 13.2. The molecule has 2 aromatic carbocycles. The first-order valence-corrected chi connectivity index (χ1v) is 8.11. The number of hydrogen-bond donors (Lipinski definition) is 2. The summed E-state index contributed by atoms with van der Waals surface area (Å²) in [5.74, 6) is 5.75. The lowest BCUT2D eigenvalue weighted by molar-refractivity contribution is 0.556. The van der Waals surface area contributed by atoms with Gasteiger partial charge in [0.15, 0.2) is 0 Å². The first-order chi connectivity index (χ1) is 9.76. The Kier molecular flexibility index (Phi) is 4.17. The largest absolute Gasteiger partial charge is 0.271 e. The predicted octanol–water partition coefficient (Wildman–Crippen LogP) is 4.41. The van der Waals surface area contributed by atoms with E-state index in [0.29, 0.717) is 0 Å². The van der Waals surface area contributed by atoms with Crippen molar-refractivity contribution in [2.45, 2.75) is 12.5 Å². The molecular weight excluding hydrogens is 332 g/mol. The number of hydrogen-bond acceptors (Lipinski definition) is 3. The molecule has 0 spiro atoms. The highest BCUT2D eigenvalue weighted by Crippen LogP contribution is 2.27. The van der Waals surface area contributed by atoms with Crippen LogP contribution in [0.1, 0.15) is 16.5 Å². The lowest BCUT2D eigenvalue weighted by atomic mass is 10.00. The van der Waals surface area contributed by atoms with Crippen molar-refractivity contribution in [1.29, 1.82) is 0 Å². The highest BCUT2D eigenvalue weighted by atomic mass is 79.9. The third-order valence-corrected chi connectivity index (χ3v) is 5.12. The van der Waals surface area contributed by atoms with Crippen LogP contribution in [0.25, 0.3) is 10.8 Å². The molecule has 0 saturated heterocycles. The summed E-state index contributed by atoms with van der Waals surface area (Å²) in [4.78, 5) is 1.31. The van der Waals surface area contributed by atoms with Crippen molar-refractivity contribution < 1.29 is 0 Å². The number of halogens is 1. The van der Waals surface area contributed by atoms with Gasteiger partial charge in [-0.1, -0.05) is 36.4 Å². The van der Waals surface area contributed by atoms with Crippen molar-refractivity contribution in [1.82, 2.24) is 5.43 Å². The Hall–Kier alpha value is -1.20. The van der Waals surface area contributed by atoms with Crippen LogP contribution in [0.5, 0.6) is 0 Å². The van der Waals surface area contributed by atoms with Gasteiger partial charge in [0, 0.05) is 21.2 Å². The van der Waals surface area contributed by atoms with E-state index in [9.17, 15) is 0 Å². The van der Waals surface area contributed by atoms with E-state index >= 15 is 0 Å². The number of rotatable bonds is 4. The number of hydrazine groups is 1. The molecule has 0 amide bonds. The van der Waals surface area contributed by atoms with Gasteiger partial charge in [-0.2, -0.15) is 0 Å². The molecule has 0 radical (unpaired) electrons. The van der Waals surface area contributed by atoms with E-state index in [1.165, 1.54) is 21.2 Å². The van der Waals surface area contributed by atoms with Gasteiger partial charge in [0.05, 0.1) is 6.04 Å². The van der Waals surface area contributed by atoms with Gasteiger partial charge in [-0.15, -0.1) is 11.3 Å². The summed E-state index contributed by atoms with van der Waals surface area (Å²) >= 11 is 5.24. The molecule has 0 aliphatic carbocycles. The topological polar surface area (TPSA) is 38.0 Å². The normalized spacial score (nSPS) is 12.7. The Morgan fingerprint density at radius 2 is 1.90 bits per heavy atom. The molecule has 1 aromatic heterocycles. The maximum absolute atomic E-state index is 5.75. The quantitative estimate of drug-likeness (QED) is 0.542. The molecule has 102 valence electrons. The zero-order chi connectivity index (χ0) is 13.9. The molecule has 3 aromatic rings. The molecule has 0 fully saturated rings. The van der Waals surface area contributed by atoms with Crippen LogP contribution >= 0.6 is 27.3 Å². The van der Waals surface area contributed by atoms with E-state index in [1.807, 2.05) is 0 Å². The SMILES string of the molecule is NNC(Cc1cc(Br)cs1)c1ccc2ccccc2c1. The highest BCUT2D eigenvalue weighted by molar-refractivity contribution is 9.10. The van der Waals surface area contributed by atoms with Crippen molar-refractivity contribution >= 4 is 38.0 Å². The molecule has 1 heterocycles. The minimum atomic E-state index is 0.130. The summed E-state index contributed by atoms with van der Waals surface area (Å²) in [6.45, 7) is 0. The molecule has 0 aliphatic rings.